The lowest BCUT2D eigenvalue weighted by Crippen LogP contribution is -2.30. The molecule has 0 saturated heterocycles. The molecule has 0 bridgehead atoms. The zero-order valence-electron chi connectivity index (χ0n) is 38.5. The second-order valence-electron chi connectivity index (χ2n) is 16.0. The Morgan fingerprint density at radius 3 is 1.07 bits per heavy atom. The molecule has 0 aliphatic heterocycles. The fraction of sp³-hybridized carbons (Fsp3) is 0.717. The summed E-state index contributed by atoms with van der Waals surface area (Å²) in [5.41, 5.74) is 0. The summed E-state index contributed by atoms with van der Waals surface area (Å²) in [6.45, 7) is 6.35. The van der Waals surface area contributed by atoms with E-state index in [1.165, 1.54) is 77.0 Å². The van der Waals surface area contributed by atoms with E-state index in [-0.39, 0.29) is 31.1 Å². The van der Waals surface area contributed by atoms with Crippen molar-refractivity contribution in [3.05, 3.63) is 72.9 Å². The van der Waals surface area contributed by atoms with Crippen LogP contribution >= 0.6 is 0 Å². The second kappa shape index (κ2) is 47.5. The van der Waals surface area contributed by atoms with Gasteiger partial charge in [0.05, 0.1) is 0 Å². The van der Waals surface area contributed by atoms with Crippen LogP contribution in [0.3, 0.4) is 0 Å². The normalized spacial score (nSPS) is 12.7. The first kappa shape index (κ1) is 55.9. The molecule has 0 aromatic carbocycles. The zero-order valence-corrected chi connectivity index (χ0v) is 38.5. The predicted molar refractivity (Wildman–Crippen MR) is 251 cm³/mol. The molecule has 0 aliphatic rings. The fourth-order valence-electron chi connectivity index (χ4n) is 6.59. The Labute approximate surface area is 363 Å². The molecule has 1 atom stereocenters. The third kappa shape index (κ3) is 45.8. The largest absolute Gasteiger partial charge is 0.462 e. The summed E-state index contributed by atoms with van der Waals surface area (Å²) >= 11 is 0. The standard InChI is InChI=1S/C53H90O6/c1-4-7-10-13-16-19-22-25-27-29-31-34-37-40-43-46-52(55)58-49-50(48-57-51(54)45-42-39-36-33-30-24-21-18-15-12-9-6-3)59-53(56)47-44-41-38-35-32-28-26-23-20-17-14-11-8-5-2/h8-9,11-12,17-18,20-21,26,28,30,33,50H,4-7,10,13-16,19,22-25,27,29,31-32,34-49H2,1-3H3/b11-8-,12-9-,20-17-,21-18-,28-26-,33-30-. The van der Waals surface area contributed by atoms with E-state index in [0.717, 1.165) is 109 Å². The molecule has 0 aromatic heterocycles. The number of esters is 3. The lowest BCUT2D eigenvalue weighted by molar-refractivity contribution is -0.167. The number of ether oxygens (including phenoxy) is 3. The maximum absolute atomic E-state index is 12.7. The van der Waals surface area contributed by atoms with Gasteiger partial charge in [0.25, 0.3) is 0 Å². The molecular formula is C53H90O6. The third-order valence-electron chi connectivity index (χ3n) is 10.2. The Bertz CT molecular complexity index is 1130. The Hall–Kier alpha value is -3.15. The minimum atomic E-state index is -0.799. The van der Waals surface area contributed by atoms with Crippen LogP contribution in [0.25, 0.3) is 0 Å². The molecule has 338 valence electrons. The van der Waals surface area contributed by atoms with Crippen LogP contribution in [-0.4, -0.2) is 37.2 Å². The number of rotatable bonds is 43. The summed E-state index contributed by atoms with van der Waals surface area (Å²) in [4.78, 5) is 37.8. The van der Waals surface area contributed by atoms with Crippen LogP contribution in [0.15, 0.2) is 72.9 Å². The molecule has 0 fully saturated rings. The van der Waals surface area contributed by atoms with Crippen LogP contribution in [0.4, 0.5) is 0 Å². The SMILES string of the molecule is CC/C=C\C/C=C\C/C=C\CCCCCCC(=O)OC(COC(=O)CCCC/C=C\C/C=C\C/C=C\CC)COC(=O)CCCCCCCCCCCCCCCCC. The number of unbranched alkanes of at least 4 members (excludes halogenated alkanes) is 20. The molecule has 6 heteroatoms. The summed E-state index contributed by atoms with van der Waals surface area (Å²) in [5, 5.41) is 0. The zero-order chi connectivity index (χ0) is 43.0. The maximum atomic E-state index is 12.7. The van der Waals surface area contributed by atoms with Crippen LogP contribution in [0, 0.1) is 0 Å². The number of allylic oxidation sites excluding steroid dienone is 12. The topological polar surface area (TPSA) is 78.9 Å². The van der Waals surface area contributed by atoms with Crippen molar-refractivity contribution in [1.82, 2.24) is 0 Å². The second-order valence-corrected chi connectivity index (χ2v) is 16.0. The lowest BCUT2D eigenvalue weighted by Gasteiger charge is -2.18. The van der Waals surface area contributed by atoms with Crippen molar-refractivity contribution in [3.8, 4) is 0 Å². The Kier molecular flexibility index (Phi) is 45.0. The number of hydrogen-bond donors (Lipinski definition) is 0. The van der Waals surface area contributed by atoms with Crippen LogP contribution in [-0.2, 0) is 28.6 Å². The average molecular weight is 823 g/mol. The fourth-order valence-corrected chi connectivity index (χ4v) is 6.59. The van der Waals surface area contributed by atoms with Crippen molar-refractivity contribution in [1.29, 1.82) is 0 Å². The first-order valence-electron chi connectivity index (χ1n) is 24.4. The summed E-state index contributed by atoms with van der Waals surface area (Å²) in [7, 11) is 0. The highest BCUT2D eigenvalue weighted by molar-refractivity contribution is 5.71. The highest BCUT2D eigenvalue weighted by Crippen LogP contribution is 2.15. The van der Waals surface area contributed by atoms with Crippen LogP contribution in [0.5, 0.6) is 0 Å². The van der Waals surface area contributed by atoms with Gasteiger partial charge < -0.3 is 14.2 Å². The van der Waals surface area contributed by atoms with E-state index < -0.39 is 6.10 Å². The van der Waals surface area contributed by atoms with Gasteiger partial charge in [0.1, 0.15) is 13.2 Å². The smallest absolute Gasteiger partial charge is 0.306 e. The molecule has 1 unspecified atom stereocenters. The van der Waals surface area contributed by atoms with E-state index in [1.807, 2.05) is 0 Å². The van der Waals surface area contributed by atoms with Gasteiger partial charge in [0.15, 0.2) is 6.10 Å². The third-order valence-corrected chi connectivity index (χ3v) is 10.2. The van der Waals surface area contributed by atoms with E-state index in [4.69, 9.17) is 14.2 Å². The van der Waals surface area contributed by atoms with Crippen molar-refractivity contribution in [2.75, 3.05) is 13.2 Å². The van der Waals surface area contributed by atoms with Crippen molar-refractivity contribution < 1.29 is 28.6 Å². The molecule has 0 N–H and O–H groups in total. The van der Waals surface area contributed by atoms with E-state index in [2.05, 4.69) is 93.7 Å². The monoisotopic (exact) mass is 823 g/mol. The Morgan fingerprint density at radius 1 is 0.356 bits per heavy atom. The van der Waals surface area contributed by atoms with Crippen LogP contribution < -0.4 is 0 Å². The minimum absolute atomic E-state index is 0.0955. The molecule has 0 radical (unpaired) electrons. The van der Waals surface area contributed by atoms with Crippen molar-refractivity contribution in [2.24, 2.45) is 0 Å². The quantitative estimate of drug-likeness (QED) is 0.0264. The molecule has 59 heavy (non-hydrogen) atoms. The first-order valence-corrected chi connectivity index (χ1v) is 24.4. The van der Waals surface area contributed by atoms with E-state index in [0.29, 0.717) is 19.3 Å². The van der Waals surface area contributed by atoms with Gasteiger partial charge in [-0.3, -0.25) is 14.4 Å². The van der Waals surface area contributed by atoms with E-state index in [1.54, 1.807) is 0 Å². The first-order chi connectivity index (χ1) is 29.0. The molecule has 0 rings (SSSR count). The van der Waals surface area contributed by atoms with Crippen molar-refractivity contribution in [3.63, 3.8) is 0 Å². The number of carbonyl (C=O) groups excluding carboxylic acids is 3. The summed E-state index contributed by atoms with van der Waals surface area (Å²) < 4.78 is 16.7. The molecule has 0 heterocycles. The minimum Gasteiger partial charge on any atom is -0.462 e. The molecule has 0 saturated carbocycles. The summed E-state index contributed by atoms with van der Waals surface area (Å²) in [6.07, 6.45) is 58.9. The number of carbonyl (C=O) groups is 3. The van der Waals surface area contributed by atoms with E-state index in [9.17, 15) is 14.4 Å². The average Bonchev–Trinajstić information content (AvgIpc) is 3.23. The summed E-state index contributed by atoms with van der Waals surface area (Å²) in [6, 6.07) is 0. The van der Waals surface area contributed by atoms with E-state index >= 15 is 0 Å². The summed E-state index contributed by atoms with van der Waals surface area (Å²) in [5.74, 6) is -0.960. The van der Waals surface area contributed by atoms with Gasteiger partial charge in [0.2, 0.25) is 0 Å². The predicted octanol–water partition coefficient (Wildman–Crippen LogP) is 15.9. The lowest BCUT2D eigenvalue weighted by atomic mass is 10.0. The molecule has 0 spiro atoms. The van der Waals surface area contributed by atoms with Crippen LogP contribution in [0.1, 0.15) is 226 Å². The Morgan fingerprint density at radius 2 is 0.661 bits per heavy atom. The van der Waals surface area contributed by atoms with Gasteiger partial charge in [-0.2, -0.15) is 0 Å². The highest BCUT2D eigenvalue weighted by atomic mass is 16.6. The molecule has 0 aromatic rings. The molecule has 0 aliphatic carbocycles. The molecule has 6 nitrogen and oxygen atoms in total. The van der Waals surface area contributed by atoms with Crippen LogP contribution in [0.2, 0.25) is 0 Å². The molecule has 0 amide bonds. The van der Waals surface area contributed by atoms with Gasteiger partial charge in [-0.15, -0.1) is 0 Å². The van der Waals surface area contributed by atoms with Gasteiger partial charge in [-0.05, 0) is 83.5 Å². The van der Waals surface area contributed by atoms with Crippen molar-refractivity contribution in [2.45, 2.75) is 232 Å². The van der Waals surface area contributed by atoms with Gasteiger partial charge >= 0.3 is 17.9 Å². The highest BCUT2D eigenvalue weighted by Gasteiger charge is 2.19. The van der Waals surface area contributed by atoms with Gasteiger partial charge in [0, 0.05) is 19.3 Å². The number of hydrogen-bond acceptors (Lipinski definition) is 6. The van der Waals surface area contributed by atoms with Crippen molar-refractivity contribution >= 4 is 17.9 Å². The van der Waals surface area contributed by atoms with Gasteiger partial charge in [-0.25, -0.2) is 0 Å². The van der Waals surface area contributed by atoms with Gasteiger partial charge in [-0.1, -0.05) is 196 Å². The Balaban J connectivity index is 4.45. The molecular weight excluding hydrogens is 733 g/mol. The maximum Gasteiger partial charge on any atom is 0.306 e.